The van der Waals surface area contributed by atoms with E-state index in [1.54, 1.807) is 0 Å². The zero-order valence-electron chi connectivity index (χ0n) is 76.0. The van der Waals surface area contributed by atoms with Crippen LogP contribution in [0.3, 0.4) is 0 Å². The highest BCUT2D eigenvalue weighted by Crippen LogP contribution is 2.60. The van der Waals surface area contributed by atoms with Gasteiger partial charge in [0.1, 0.15) is 0 Å². The summed E-state index contributed by atoms with van der Waals surface area (Å²) in [5.41, 5.74) is 6.95. The third kappa shape index (κ3) is 57.1. The minimum absolute atomic E-state index is 0.437. The molecule has 0 amide bonds. The number of rotatable bonds is 11. The van der Waals surface area contributed by atoms with Crippen LogP contribution in [0.15, 0.2) is 0 Å². The molecule has 2 aliphatic rings. The molecular weight excluding hydrogens is 1080 g/mol. The fourth-order valence-electron chi connectivity index (χ4n) is 5.99. The van der Waals surface area contributed by atoms with E-state index in [0.29, 0.717) is 70.4 Å². The van der Waals surface area contributed by atoms with Gasteiger partial charge in [-0.2, -0.15) is 0 Å². The van der Waals surface area contributed by atoms with E-state index < -0.39 is 0 Å². The second kappa shape index (κ2) is 44.1. The Morgan fingerprint density at radius 3 is 0.544 bits per heavy atom. The molecule has 0 aromatic carbocycles. The van der Waals surface area contributed by atoms with Crippen molar-refractivity contribution in [1.82, 2.24) is 0 Å². The molecule has 3 atom stereocenters. The molecule has 558 valence electrons. The van der Waals surface area contributed by atoms with Crippen molar-refractivity contribution >= 4 is 0 Å². The lowest BCUT2D eigenvalue weighted by Crippen LogP contribution is -2.28. The molecule has 0 aromatic rings. The van der Waals surface area contributed by atoms with Gasteiger partial charge in [0.2, 0.25) is 0 Å². The molecule has 90 heavy (non-hydrogen) atoms. The van der Waals surface area contributed by atoms with Gasteiger partial charge in [-0.15, -0.1) is 0 Å². The van der Waals surface area contributed by atoms with Gasteiger partial charge in [-0.05, 0) is 167 Å². The smallest absolute Gasteiger partial charge is 0.0297 e. The second-order valence-electron chi connectivity index (χ2n) is 44.1. The summed E-state index contributed by atoms with van der Waals surface area (Å²) in [5, 5.41) is 0. The van der Waals surface area contributed by atoms with Gasteiger partial charge in [0.05, 0.1) is 0 Å². The van der Waals surface area contributed by atoms with Crippen LogP contribution in [0.5, 0.6) is 0 Å². The molecule has 0 N–H and O–H groups in total. The summed E-state index contributed by atoms with van der Waals surface area (Å²) < 4.78 is 0. The molecular formula is C90H198. The summed E-state index contributed by atoms with van der Waals surface area (Å²) in [6.07, 6.45) is 11.3. The molecule has 0 heteroatoms. The molecule has 0 aliphatic heterocycles. The molecule has 2 aliphatic carbocycles. The Bertz CT molecular complexity index is 1470. The molecule has 0 aromatic heterocycles. The Morgan fingerprint density at radius 1 is 0.300 bits per heavy atom. The monoisotopic (exact) mass is 1280 g/mol. The van der Waals surface area contributed by atoms with Crippen molar-refractivity contribution in [1.29, 1.82) is 0 Å². The SMILES string of the molecule is CC(C)(C)C(C)(C)C.CC(C)(C)C(C)(C)C.CC(C)(C)C(C)(C)C.CC(C)C(C)(C)C(C)C.CC(C)C(C)C(C)C.CC(C)[C@@H](C)C(C)(C)C.CC1(C2CC2)CC1.CCC(C)(C)C(C)(C)C.CCC(C)(C)C(C)C.CCC(C)C(C)(C)C.CC[C@@H](C)C(C)(C)C. The number of hydrogen-bond acceptors (Lipinski definition) is 0. The first-order valence-electron chi connectivity index (χ1n) is 38.6. The van der Waals surface area contributed by atoms with Crippen LogP contribution < -0.4 is 0 Å². The molecule has 2 fully saturated rings. The van der Waals surface area contributed by atoms with Crippen molar-refractivity contribution in [3.05, 3.63) is 0 Å². The summed E-state index contributed by atoms with van der Waals surface area (Å²) in [4.78, 5) is 0. The lowest BCUT2D eigenvalue weighted by molar-refractivity contribution is 0.126. The van der Waals surface area contributed by atoms with Crippen LogP contribution in [0, 0.1) is 141 Å². The van der Waals surface area contributed by atoms with E-state index in [9.17, 15) is 0 Å². The third-order valence-electron chi connectivity index (χ3n) is 26.4. The van der Waals surface area contributed by atoms with E-state index in [1.165, 1.54) is 51.4 Å². The fraction of sp³-hybridized carbons (Fsp3) is 1.00. The van der Waals surface area contributed by atoms with E-state index in [2.05, 4.69) is 395 Å². The predicted molar refractivity (Wildman–Crippen MR) is 433 cm³/mol. The fourth-order valence-corrected chi connectivity index (χ4v) is 5.99. The van der Waals surface area contributed by atoms with Gasteiger partial charge in [0.25, 0.3) is 0 Å². The lowest BCUT2D eigenvalue weighted by atomic mass is 9.68. The normalized spacial score (nSPS) is 16.0. The van der Waals surface area contributed by atoms with E-state index in [0.717, 1.165) is 70.5 Å². The topological polar surface area (TPSA) is 0 Å². The van der Waals surface area contributed by atoms with Crippen LogP contribution in [0.1, 0.15) is 446 Å². The van der Waals surface area contributed by atoms with E-state index in [4.69, 9.17) is 0 Å². The largest absolute Gasteiger partial charge is 0.0651 e. The maximum absolute atomic E-state index is 2.44. The zero-order valence-corrected chi connectivity index (χ0v) is 76.0. The van der Waals surface area contributed by atoms with Gasteiger partial charge in [-0.3, -0.25) is 0 Å². The van der Waals surface area contributed by atoms with Crippen molar-refractivity contribution in [2.75, 3.05) is 0 Å². The zero-order chi connectivity index (χ0) is 76.0. The van der Waals surface area contributed by atoms with Crippen LogP contribution in [-0.4, -0.2) is 0 Å². The quantitative estimate of drug-likeness (QED) is 0.193. The number of hydrogen-bond donors (Lipinski definition) is 0. The average Bonchev–Trinajstić information content (AvgIpc) is 4.27. The molecule has 0 saturated heterocycles. The van der Waals surface area contributed by atoms with E-state index >= 15 is 0 Å². The summed E-state index contributed by atoms with van der Waals surface area (Å²) in [7, 11) is 0. The highest BCUT2D eigenvalue weighted by atomic mass is 14.5. The van der Waals surface area contributed by atoms with Gasteiger partial charge in [0.15, 0.2) is 0 Å². The molecule has 0 bridgehead atoms. The maximum Gasteiger partial charge on any atom is -0.0297 e. The summed E-state index contributed by atoms with van der Waals surface area (Å²) in [6, 6.07) is 0. The van der Waals surface area contributed by atoms with Crippen LogP contribution >= 0.6 is 0 Å². The van der Waals surface area contributed by atoms with Crippen LogP contribution in [0.4, 0.5) is 0 Å². The van der Waals surface area contributed by atoms with E-state index in [1.807, 2.05) is 0 Å². The van der Waals surface area contributed by atoms with Crippen molar-refractivity contribution in [3.63, 3.8) is 0 Å². The Hall–Kier alpha value is 0. The Morgan fingerprint density at radius 2 is 0.533 bits per heavy atom. The molecule has 1 unspecified atom stereocenters. The predicted octanol–water partition coefficient (Wildman–Crippen LogP) is 33.7. The summed E-state index contributed by atoms with van der Waals surface area (Å²) >= 11 is 0. The van der Waals surface area contributed by atoms with Crippen molar-refractivity contribution in [2.45, 2.75) is 446 Å². The molecule has 2 rings (SSSR count). The van der Waals surface area contributed by atoms with Crippen molar-refractivity contribution < 1.29 is 0 Å². The highest BCUT2D eigenvalue weighted by molar-refractivity contribution is 5.00. The molecule has 0 nitrogen and oxygen atoms in total. The first kappa shape index (κ1) is 109. The minimum Gasteiger partial charge on any atom is -0.0651 e. The summed E-state index contributed by atoms with van der Waals surface area (Å²) in [5.74, 6) is 9.43. The molecule has 0 radical (unpaired) electrons. The Labute approximate surface area is 583 Å². The van der Waals surface area contributed by atoms with Gasteiger partial charge in [-0.25, -0.2) is 0 Å². The third-order valence-corrected chi connectivity index (χ3v) is 26.4. The summed E-state index contributed by atoms with van der Waals surface area (Å²) in [6.45, 7) is 131. The van der Waals surface area contributed by atoms with Crippen LogP contribution in [-0.2, 0) is 0 Å². The van der Waals surface area contributed by atoms with Crippen molar-refractivity contribution in [2.24, 2.45) is 141 Å². The first-order valence-corrected chi connectivity index (χ1v) is 38.6. The molecule has 0 spiro atoms. The van der Waals surface area contributed by atoms with Crippen LogP contribution in [0.25, 0.3) is 0 Å². The highest BCUT2D eigenvalue weighted by Gasteiger charge is 2.49. The van der Waals surface area contributed by atoms with Gasteiger partial charge >= 0.3 is 0 Å². The standard InChI is InChI=1S/3C9H20.7C8H18.C7H12/c1-7-9(5,6)8(2,3)4;1-7(2)8(3)9(4,5)6;1-7(2)9(5,6)8(3)4;3*1-7(2,3)8(4,5)6;2*1-6-7(2)8(3,4)5;1-6-8(4,5)7(2)3;1-6(2)8(5)7(3)4;1-7(4-5-7)6-2-3-6/h7H2,1-6H3;2*7-8H,1-6H3;3*1-6H3;3*7H,6H2,1-5H3;6-8H,1-5H3;6H,2-5H2,1H3/t;8-;;;;;7-;;;;/m.1....1..../s1. The average molecular weight is 1280 g/mol. The van der Waals surface area contributed by atoms with Crippen LogP contribution in [0.2, 0.25) is 0 Å². The van der Waals surface area contributed by atoms with Gasteiger partial charge < -0.3 is 0 Å². The lowest BCUT2D eigenvalue weighted by Gasteiger charge is -2.37. The molecule has 2 saturated carbocycles. The van der Waals surface area contributed by atoms with E-state index in [-0.39, 0.29) is 0 Å². The second-order valence-corrected chi connectivity index (χ2v) is 44.1. The Balaban J connectivity index is -0.000000115. The van der Waals surface area contributed by atoms with Gasteiger partial charge in [0, 0.05) is 0 Å². The first-order chi connectivity index (χ1) is 38.6. The Kier molecular flexibility index (Phi) is 53.3. The molecule has 0 heterocycles. The maximum atomic E-state index is 2.44. The minimum atomic E-state index is 0.437. The van der Waals surface area contributed by atoms with Crippen molar-refractivity contribution in [3.8, 4) is 0 Å². The van der Waals surface area contributed by atoms with Gasteiger partial charge in [-0.1, -0.05) is 420 Å².